The van der Waals surface area contributed by atoms with Crippen molar-refractivity contribution in [2.45, 2.75) is 38.7 Å². The lowest BCUT2D eigenvalue weighted by atomic mass is 10.2. The van der Waals surface area contributed by atoms with E-state index < -0.39 is 38.0 Å². The number of benzene rings is 1. The van der Waals surface area contributed by atoms with E-state index >= 15 is 0 Å². The van der Waals surface area contributed by atoms with Crippen LogP contribution in [0.1, 0.15) is 47.5 Å². The SMILES string of the molecule is CCOP(=O)(/C=C/[C@@H]1CC(OC(=O)c2ccccc2)[C@H](n2cnc(C(=O)OC)n2)O1)OCC. The highest BCUT2D eigenvalue weighted by molar-refractivity contribution is 7.57. The second-order valence-electron chi connectivity index (χ2n) is 6.87. The molecule has 0 spiro atoms. The zero-order valence-electron chi connectivity index (χ0n) is 18.5. The first-order valence-electron chi connectivity index (χ1n) is 10.4. The summed E-state index contributed by atoms with van der Waals surface area (Å²) in [7, 11) is -2.22. The van der Waals surface area contributed by atoms with Gasteiger partial charge in [-0.05, 0) is 32.1 Å². The highest BCUT2D eigenvalue weighted by Gasteiger charge is 2.40. The standard InChI is InChI=1S/C21H26N3O8P/c1-4-29-33(27,30-5-2)12-11-16-13-17(32-20(25)15-9-7-6-8-10-15)19(31-16)24-14-22-18(23-24)21(26)28-3/h6-12,14,16-17,19H,4-5,13H2,1-3H3/b12-11+/t16-,17?,19-/m1/s1. The molecule has 2 heterocycles. The predicted molar refractivity (Wildman–Crippen MR) is 116 cm³/mol. The highest BCUT2D eigenvalue weighted by atomic mass is 31.2. The monoisotopic (exact) mass is 479 g/mol. The smallest absolute Gasteiger partial charge is 0.377 e. The molecule has 1 saturated heterocycles. The summed E-state index contributed by atoms with van der Waals surface area (Å²) in [5.74, 6) is -0.0769. The van der Waals surface area contributed by atoms with Crippen LogP contribution in [-0.4, -0.2) is 59.2 Å². The Balaban J connectivity index is 1.82. The first-order chi connectivity index (χ1) is 15.9. The Morgan fingerprint density at radius 3 is 2.52 bits per heavy atom. The normalized spacial score (nSPS) is 20.8. The van der Waals surface area contributed by atoms with Crippen molar-refractivity contribution < 1.29 is 37.4 Å². The summed E-state index contributed by atoms with van der Waals surface area (Å²) in [6, 6.07) is 8.51. The van der Waals surface area contributed by atoms with Gasteiger partial charge in [-0.25, -0.2) is 19.3 Å². The maximum atomic E-state index is 12.7. The van der Waals surface area contributed by atoms with Gasteiger partial charge in [-0.3, -0.25) is 4.57 Å². The first kappa shape index (κ1) is 24.8. The van der Waals surface area contributed by atoms with Crippen LogP contribution >= 0.6 is 7.60 Å². The summed E-state index contributed by atoms with van der Waals surface area (Å²) in [5.41, 5.74) is 0.376. The number of esters is 2. The van der Waals surface area contributed by atoms with Gasteiger partial charge < -0.3 is 23.3 Å². The quantitative estimate of drug-likeness (QED) is 0.370. The molecule has 0 saturated carbocycles. The van der Waals surface area contributed by atoms with Gasteiger partial charge in [0, 0.05) is 12.2 Å². The second kappa shape index (κ2) is 11.3. The zero-order valence-corrected chi connectivity index (χ0v) is 19.4. The molecule has 0 aliphatic carbocycles. The molecule has 1 unspecified atom stereocenters. The molecular formula is C21H26N3O8P. The van der Waals surface area contributed by atoms with Crippen LogP contribution in [0.25, 0.3) is 0 Å². The van der Waals surface area contributed by atoms with E-state index in [4.69, 9.17) is 18.5 Å². The minimum Gasteiger partial charge on any atom is -0.463 e. The zero-order chi connectivity index (χ0) is 23.8. The third-order valence-corrected chi connectivity index (χ3v) is 6.38. The van der Waals surface area contributed by atoms with Crippen molar-refractivity contribution in [3.8, 4) is 0 Å². The van der Waals surface area contributed by atoms with E-state index in [2.05, 4.69) is 14.8 Å². The Morgan fingerprint density at radius 2 is 1.88 bits per heavy atom. The molecule has 12 heteroatoms. The molecule has 178 valence electrons. The van der Waals surface area contributed by atoms with Gasteiger partial charge in [0.15, 0.2) is 12.3 Å². The molecular weight excluding hydrogens is 453 g/mol. The summed E-state index contributed by atoms with van der Waals surface area (Å²) in [4.78, 5) is 28.3. The molecule has 1 aromatic carbocycles. The number of methoxy groups -OCH3 is 1. The van der Waals surface area contributed by atoms with Gasteiger partial charge in [-0.1, -0.05) is 18.2 Å². The van der Waals surface area contributed by atoms with Crippen LogP contribution in [0.4, 0.5) is 0 Å². The number of ether oxygens (including phenoxy) is 3. The molecule has 1 fully saturated rings. The number of hydrogen-bond donors (Lipinski definition) is 0. The fourth-order valence-corrected chi connectivity index (χ4v) is 4.55. The van der Waals surface area contributed by atoms with E-state index in [0.717, 1.165) is 0 Å². The van der Waals surface area contributed by atoms with Crippen molar-refractivity contribution in [2.24, 2.45) is 0 Å². The number of rotatable bonds is 10. The number of aromatic nitrogens is 3. The van der Waals surface area contributed by atoms with Crippen LogP contribution in [0.3, 0.4) is 0 Å². The van der Waals surface area contributed by atoms with Crippen LogP contribution in [0.15, 0.2) is 48.6 Å². The van der Waals surface area contributed by atoms with Crippen LogP contribution in [-0.2, 0) is 27.8 Å². The van der Waals surface area contributed by atoms with Crippen molar-refractivity contribution in [2.75, 3.05) is 20.3 Å². The van der Waals surface area contributed by atoms with E-state index in [-0.39, 0.29) is 25.5 Å². The Bertz CT molecular complexity index is 1020. The second-order valence-corrected chi connectivity index (χ2v) is 8.76. The van der Waals surface area contributed by atoms with Gasteiger partial charge in [0.25, 0.3) is 5.82 Å². The minimum absolute atomic E-state index is 0.162. The number of carbonyl (C=O) groups excluding carboxylic acids is 2. The maximum Gasteiger partial charge on any atom is 0.377 e. The number of carbonyl (C=O) groups is 2. The largest absolute Gasteiger partial charge is 0.463 e. The molecule has 1 aliphatic heterocycles. The van der Waals surface area contributed by atoms with Crippen molar-refractivity contribution in [1.82, 2.24) is 14.8 Å². The number of nitrogens with zero attached hydrogens (tertiary/aromatic N) is 3. The Labute approximate surface area is 191 Å². The lowest BCUT2D eigenvalue weighted by molar-refractivity contribution is -0.0462. The van der Waals surface area contributed by atoms with Gasteiger partial charge in [0.2, 0.25) is 0 Å². The van der Waals surface area contributed by atoms with Gasteiger partial charge in [0.1, 0.15) is 6.33 Å². The Morgan fingerprint density at radius 1 is 1.18 bits per heavy atom. The Kier molecular flexibility index (Phi) is 8.51. The predicted octanol–water partition coefficient (Wildman–Crippen LogP) is 3.36. The molecule has 3 rings (SSSR count). The van der Waals surface area contributed by atoms with E-state index in [1.165, 1.54) is 23.9 Å². The van der Waals surface area contributed by atoms with E-state index in [1.54, 1.807) is 50.3 Å². The van der Waals surface area contributed by atoms with Gasteiger partial charge >= 0.3 is 19.5 Å². The highest BCUT2D eigenvalue weighted by Crippen LogP contribution is 2.50. The third kappa shape index (κ3) is 6.35. The van der Waals surface area contributed by atoms with Gasteiger partial charge in [-0.2, -0.15) is 0 Å². The lowest BCUT2D eigenvalue weighted by Gasteiger charge is -2.18. The minimum atomic E-state index is -3.44. The molecule has 11 nitrogen and oxygen atoms in total. The van der Waals surface area contributed by atoms with E-state index in [1.807, 2.05) is 0 Å². The van der Waals surface area contributed by atoms with Crippen molar-refractivity contribution in [3.63, 3.8) is 0 Å². The first-order valence-corrected chi connectivity index (χ1v) is 12.0. The number of hydrogen-bond acceptors (Lipinski definition) is 10. The summed E-state index contributed by atoms with van der Waals surface area (Å²) in [6.45, 7) is 3.85. The summed E-state index contributed by atoms with van der Waals surface area (Å²) >= 11 is 0. The van der Waals surface area contributed by atoms with Crippen molar-refractivity contribution in [1.29, 1.82) is 0 Å². The third-order valence-electron chi connectivity index (χ3n) is 4.60. The van der Waals surface area contributed by atoms with Crippen LogP contribution in [0, 0.1) is 0 Å². The van der Waals surface area contributed by atoms with Crippen LogP contribution in [0.2, 0.25) is 0 Å². The summed E-state index contributed by atoms with van der Waals surface area (Å²) < 4.78 is 40.8. The molecule has 0 bridgehead atoms. The van der Waals surface area contributed by atoms with Crippen LogP contribution in [0.5, 0.6) is 0 Å². The summed E-state index contributed by atoms with van der Waals surface area (Å²) in [6.07, 6.45) is 0.843. The molecule has 0 N–H and O–H groups in total. The van der Waals surface area contributed by atoms with Gasteiger partial charge in [-0.15, -0.1) is 5.10 Å². The van der Waals surface area contributed by atoms with Crippen LogP contribution < -0.4 is 0 Å². The average molecular weight is 479 g/mol. The Hall–Kier alpha value is -2.85. The fraction of sp³-hybridized carbons (Fsp3) is 0.429. The maximum absolute atomic E-state index is 12.7. The topological polar surface area (TPSA) is 128 Å². The molecule has 1 aromatic heterocycles. The lowest BCUT2D eigenvalue weighted by Crippen LogP contribution is -2.26. The molecule has 1 aliphatic rings. The summed E-state index contributed by atoms with van der Waals surface area (Å²) in [5, 5.41) is 4.08. The molecule has 0 radical (unpaired) electrons. The molecule has 33 heavy (non-hydrogen) atoms. The molecule has 0 amide bonds. The van der Waals surface area contributed by atoms with Gasteiger partial charge in [0.05, 0.1) is 32.0 Å². The van der Waals surface area contributed by atoms with E-state index in [0.29, 0.717) is 5.56 Å². The molecule has 3 atom stereocenters. The van der Waals surface area contributed by atoms with Crippen molar-refractivity contribution in [3.05, 3.63) is 59.9 Å². The molecule has 2 aromatic rings. The average Bonchev–Trinajstić information content (AvgIpc) is 3.45. The van der Waals surface area contributed by atoms with Crippen molar-refractivity contribution >= 4 is 19.5 Å². The fourth-order valence-electron chi connectivity index (χ4n) is 3.18. The van der Waals surface area contributed by atoms with E-state index in [9.17, 15) is 14.2 Å².